The maximum absolute atomic E-state index is 9.66. The monoisotopic (exact) mass is 170 g/mol. The fourth-order valence-electron chi connectivity index (χ4n) is 1.46. The molecule has 0 aromatic carbocycles. The van der Waals surface area contributed by atoms with Crippen molar-refractivity contribution in [1.29, 1.82) is 0 Å². The van der Waals surface area contributed by atoms with Crippen LogP contribution in [-0.2, 0) is 4.74 Å². The van der Waals surface area contributed by atoms with E-state index in [1.54, 1.807) is 13.8 Å². The van der Waals surface area contributed by atoms with Gasteiger partial charge >= 0.3 is 0 Å². The molecule has 0 aromatic rings. The average molecular weight is 170 g/mol. The van der Waals surface area contributed by atoms with E-state index in [1.165, 1.54) is 0 Å². The topological polar surface area (TPSA) is 29.5 Å². The normalized spacial score (nSPS) is 30.7. The van der Waals surface area contributed by atoms with Crippen LogP contribution in [0.2, 0.25) is 0 Å². The van der Waals surface area contributed by atoms with Gasteiger partial charge in [-0.1, -0.05) is 12.2 Å². The summed E-state index contributed by atoms with van der Waals surface area (Å²) in [5.41, 5.74) is 0.436. The van der Waals surface area contributed by atoms with Crippen LogP contribution < -0.4 is 0 Å². The van der Waals surface area contributed by atoms with Gasteiger partial charge in [0.25, 0.3) is 0 Å². The van der Waals surface area contributed by atoms with Crippen LogP contribution in [0, 0.1) is 5.92 Å². The lowest BCUT2D eigenvalue weighted by atomic mass is 9.92. The molecule has 0 radical (unpaired) electrons. The SMILES string of the molecule is C=C(C)[C@H]1CO[C@@H](C(C)(C)O)C1. The second-order valence-corrected chi connectivity index (χ2v) is 4.25. The molecule has 1 saturated heterocycles. The van der Waals surface area contributed by atoms with Gasteiger partial charge in [0, 0.05) is 5.92 Å². The maximum atomic E-state index is 9.66. The molecule has 0 saturated carbocycles. The molecule has 0 spiro atoms. The van der Waals surface area contributed by atoms with Crippen LogP contribution in [0.25, 0.3) is 0 Å². The Labute approximate surface area is 74.2 Å². The number of hydrogen-bond donors (Lipinski definition) is 1. The highest BCUT2D eigenvalue weighted by atomic mass is 16.5. The molecule has 0 amide bonds. The summed E-state index contributed by atoms with van der Waals surface area (Å²) in [6, 6.07) is 0. The molecule has 1 heterocycles. The molecule has 1 aliphatic rings. The zero-order valence-corrected chi connectivity index (χ0v) is 8.13. The van der Waals surface area contributed by atoms with Gasteiger partial charge in [0.15, 0.2) is 0 Å². The van der Waals surface area contributed by atoms with Gasteiger partial charge < -0.3 is 9.84 Å². The first-order chi connectivity index (χ1) is 5.41. The van der Waals surface area contributed by atoms with Gasteiger partial charge in [-0.2, -0.15) is 0 Å². The Morgan fingerprint density at radius 1 is 1.58 bits per heavy atom. The van der Waals surface area contributed by atoms with Gasteiger partial charge in [-0.25, -0.2) is 0 Å². The largest absolute Gasteiger partial charge is 0.388 e. The minimum absolute atomic E-state index is 0.0285. The van der Waals surface area contributed by atoms with Crippen molar-refractivity contribution >= 4 is 0 Å². The highest BCUT2D eigenvalue weighted by Gasteiger charge is 2.35. The predicted octanol–water partition coefficient (Wildman–Crippen LogP) is 1.74. The summed E-state index contributed by atoms with van der Waals surface area (Å²) in [7, 11) is 0. The van der Waals surface area contributed by atoms with E-state index < -0.39 is 5.60 Å². The highest BCUT2D eigenvalue weighted by Crippen LogP contribution is 2.30. The fraction of sp³-hybridized carbons (Fsp3) is 0.800. The fourth-order valence-corrected chi connectivity index (χ4v) is 1.46. The highest BCUT2D eigenvalue weighted by molar-refractivity contribution is 5.01. The molecular weight excluding hydrogens is 152 g/mol. The lowest BCUT2D eigenvalue weighted by Gasteiger charge is -2.24. The summed E-state index contributed by atoms with van der Waals surface area (Å²) in [6.07, 6.45) is 0.873. The Morgan fingerprint density at radius 2 is 2.17 bits per heavy atom. The third kappa shape index (κ3) is 2.08. The van der Waals surface area contributed by atoms with Gasteiger partial charge in [-0.15, -0.1) is 0 Å². The second-order valence-electron chi connectivity index (χ2n) is 4.25. The van der Waals surface area contributed by atoms with E-state index in [0.717, 1.165) is 12.0 Å². The van der Waals surface area contributed by atoms with Crippen LogP contribution in [-0.4, -0.2) is 23.4 Å². The van der Waals surface area contributed by atoms with Gasteiger partial charge in [0.05, 0.1) is 18.3 Å². The second kappa shape index (κ2) is 3.19. The van der Waals surface area contributed by atoms with Crippen molar-refractivity contribution in [3.8, 4) is 0 Å². The van der Waals surface area contributed by atoms with Crippen molar-refractivity contribution in [3.05, 3.63) is 12.2 Å². The minimum atomic E-state index is -0.718. The van der Waals surface area contributed by atoms with Crippen molar-refractivity contribution in [2.75, 3.05) is 6.61 Å². The molecule has 2 nitrogen and oxygen atoms in total. The average Bonchev–Trinajstić information content (AvgIpc) is 2.30. The zero-order valence-electron chi connectivity index (χ0n) is 8.13. The molecule has 12 heavy (non-hydrogen) atoms. The molecule has 1 rings (SSSR count). The van der Waals surface area contributed by atoms with Gasteiger partial charge in [0.2, 0.25) is 0 Å². The third-order valence-corrected chi connectivity index (χ3v) is 2.48. The van der Waals surface area contributed by atoms with E-state index in [-0.39, 0.29) is 6.10 Å². The predicted molar refractivity (Wildman–Crippen MR) is 49.0 cm³/mol. The summed E-state index contributed by atoms with van der Waals surface area (Å²) in [5, 5.41) is 9.66. The summed E-state index contributed by atoms with van der Waals surface area (Å²) in [4.78, 5) is 0. The summed E-state index contributed by atoms with van der Waals surface area (Å²) in [5.74, 6) is 0.432. The van der Waals surface area contributed by atoms with Crippen molar-refractivity contribution in [2.45, 2.75) is 38.9 Å². The maximum Gasteiger partial charge on any atom is 0.0863 e. The molecule has 0 aromatic heterocycles. The standard InChI is InChI=1S/C10H18O2/c1-7(2)8-5-9(12-6-8)10(3,4)11/h8-9,11H,1,5-6H2,2-4H3/t8-,9-/m1/s1. The molecular formula is C10H18O2. The van der Waals surface area contributed by atoms with Crippen molar-refractivity contribution in [1.82, 2.24) is 0 Å². The van der Waals surface area contributed by atoms with E-state index in [4.69, 9.17) is 4.74 Å². The van der Waals surface area contributed by atoms with Crippen molar-refractivity contribution in [3.63, 3.8) is 0 Å². The first-order valence-electron chi connectivity index (χ1n) is 4.40. The Bertz CT molecular complexity index is 179. The molecule has 0 bridgehead atoms. The molecule has 0 unspecified atom stereocenters. The quantitative estimate of drug-likeness (QED) is 0.640. The van der Waals surface area contributed by atoms with Gasteiger partial charge in [-0.3, -0.25) is 0 Å². The number of hydrogen-bond acceptors (Lipinski definition) is 2. The molecule has 0 aliphatic carbocycles. The Morgan fingerprint density at radius 3 is 2.42 bits per heavy atom. The summed E-state index contributed by atoms with van der Waals surface area (Å²) in [6.45, 7) is 10.2. The van der Waals surface area contributed by atoms with Crippen LogP contribution in [0.3, 0.4) is 0 Å². The Hall–Kier alpha value is -0.340. The van der Waals surface area contributed by atoms with Crippen LogP contribution in [0.1, 0.15) is 27.2 Å². The van der Waals surface area contributed by atoms with Crippen LogP contribution in [0.4, 0.5) is 0 Å². The Kier molecular flexibility index (Phi) is 2.59. The van der Waals surface area contributed by atoms with E-state index in [0.29, 0.717) is 12.5 Å². The van der Waals surface area contributed by atoms with Crippen LogP contribution >= 0.6 is 0 Å². The molecule has 70 valence electrons. The molecule has 2 atom stereocenters. The third-order valence-electron chi connectivity index (χ3n) is 2.48. The zero-order chi connectivity index (χ0) is 9.35. The summed E-state index contributed by atoms with van der Waals surface area (Å²) >= 11 is 0. The van der Waals surface area contributed by atoms with Crippen molar-refractivity contribution in [2.24, 2.45) is 5.92 Å². The van der Waals surface area contributed by atoms with Gasteiger partial charge in [-0.05, 0) is 27.2 Å². The molecule has 1 fully saturated rings. The summed E-state index contributed by atoms with van der Waals surface area (Å²) < 4.78 is 5.48. The van der Waals surface area contributed by atoms with E-state index in [2.05, 4.69) is 6.58 Å². The first-order valence-corrected chi connectivity index (χ1v) is 4.40. The van der Waals surface area contributed by atoms with E-state index in [1.807, 2.05) is 6.92 Å². The number of ether oxygens (including phenoxy) is 1. The van der Waals surface area contributed by atoms with E-state index >= 15 is 0 Å². The molecule has 1 N–H and O–H groups in total. The number of aliphatic hydroxyl groups is 1. The van der Waals surface area contributed by atoms with Crippen molar-refractivity contribution < 1.29 is 9.84 Å². The van der Waals surface area contributed by atoms with E-state index in [9.17, 15) is 5.11 Å². The molecule has 1 aliphatic heterocycles. The minimum Gasteiger partial charge on any atom is -0.388 e. The first kappa shape index (κ1) is 9.75. The lowest BCUT2D eigenvalue weighted by Crippen LogP contribution is -2.35. The smallest absolute Gasteiger partial charge is 0.0863 e. The van der Waals surface area contributed by atoms with Crippen LogP contribution in [0.15, 0.2) is 12.2 Å². The van der Waals surface area contributed by atoms with Gasteiger partial charge in [0.1, 0.15) is 0 Å². The van der Waals surface area contributed by atoms with Crippen LogP contribution in [0.5, 0.6) is 0 Å². The number of rotatable bonds is 2. The lowest BCUT2D eigenvalue weighted by molar-refractivity contribution is -0.0600. The molecule has 2 heteroatoms. The Balaban J connectivity index is 2.51.